The van der Waals surface area contributed by atoms with E-state index in [9.17, 15) is 20.0 Å². The van der Waals surface area contributed by atoms with Gasteiger partial charge in [-0.3, -0.25) is 4.79 Å². The van der Waals surface area contributed by atoms with Crippen LogP contribution in [0.4, 0.5) is 0 Å². The Hall–Kier alpha value is -4.78. The first-order chi connectivity index (χ1) is 20.7. The molecule has 1 aromatic heterocycles. The van der Waals surface area contributed by atoms with Crippen molar-refractivity contribution < 1.29 is 19.8 Å². The summed E-state index contributed by atoms with van der Waals surface area (Å²) >= 11 is 6.29. The monoisotopic (exact) mass is 605 g/mol. The summed E-state index contributed by atoms with van der Waals surface area (Å²) in [6.45, 7) is 2.10. The smallest absolute Gasteiger partial charge is 0.294 e. The third-order valence-corrected chi connectivity index (χ3v) is 7.05. The number of hydrogen-bond acceptors (Lipinski definition) is 8. The van der Waals surface area contributed by atoms with E-state index in [1.165, 1.54) is 12.1 Å². The highest BCUT2D eigenvalue weighted by Gasteiger charge is 2.17. The number of halogens is 1. The average Bonchev–Trinajstić information content (AvgIpc) is 3.32. The van der Waals surface area contributed by atoms with E-state index in [0.717, 1.165) is 41.8 Å². The van der Waals surface area contributed by atoms with E-state index in [0.29, 0.717) is 33.6 Å². The molecule has 0 unspecified atom stereocenters. The highest BCUT2D eigenvalue weighted by molar-refractivity contribution is 6.30. The Labute approximate surface area is 253 Å². The minimum absolute atomic E-state index is 0.0181. The molecule has 0 saturated carbocycles. The fourth-order valence-electron chi connectivity index (χ4n) is 4.57. The first kappa shape index (κ1) is 31.2. The van der Waals surface area contributed by atoms with Crippen LogP contribution in [0.5, 0.6) is 0 Å². The van der Waals surface area contributed by atoms with Crippen LogP contribution in [-0.4, -0.2) is 36.6 Å². The molecule has 0 aliphatic carbocycles. The Kier molecular flexibility index (Phi) is 10.4. The number of amides is 1. The number of hydrazine groups is 1. The van der Waals surface area contributed by atoms with Gasteiger partial charge in [0.25, 0.3) is 11.0 Å². The van der Waals surface area contributed by atoms with E-state index in [2.05, 4.69) is 21.8 Å². The van der Waals surface area contributed by atoms with Crippen molar-refractivity contribution in [3.63, 3.8) is 0 Å². The zero-order valence-electron chi connectivity index (χ0n) is 23.5. The highest BCUT2D eigenvalue weighted by atomic mass is 35.5. The summed E-state index contributed by atoms with van der Waals surface area (Å²) in [7, 11) is 0. The molecule has 0 aliphatic rings. The van der Waals surface area contributed by atoms with Crippen LogP contribution in [0.15, 0.2) is 77.9 Å². The molecule has 0 atom stereocenters. The number of hydrazone groups is 1. The Morgan fingerprint density at radius 2 is 1.88 bits per heavy atom. The summed E-state index contributed by atoms with van der Waals surface area (Å²) in [5.41, 5.74) is 10.7. The maximum atomic E-state index is 12.9. The molecule has 5 N–H and O–H groups in total. The number of unbranched alkanes of at least 4 members (excludes halogenated alkanes) is 1. The van der Waals surface area contributed by atoms with Crippen LogP contribution in [-0.2, 0) is 31.0 Å². The second kappa shape index (κ2) is 14.4. The molecule has 43 heavy (non-hydrogen) atoms. The normalized spacial score (nSPS) is 11.4. The molecule has 0 bridgehead atoms. The number of hydrogen-bond donors (Lipinski definition) is 3. The van der Waals surface area contributed by atoms with Crippen LogP contribution in [0.1, 0.15) is 58.3 Å². The van der Waals surface area contributed by atoms with Crippen molar-refractivity contribution in [2.75, 3.05) is 0 Å². The lowest BCUT2D eigenvalue weighted by molar-refractivity contribution is -0.763. The van der Waals surface area contributed by atoms with Gasteiger partial charge in [0, 0.05) is 24.1 Å². The van der Waals surface area contributed by atoms with Crippen molar-refractivity contribution in [3.8, 4) is 11.1 Å². The summed E-state index contributed by atoms with van der Waals surface area (Å²) in [6, 6.07) is 21.3. The fraction of sp³-hybridized carbons (Fsp3) is 0.233. The van der Waals surface area contributed by atoms with Gasteiger partial charge in [-0.25, -0.2) is 10.8 Å². The number of aliphatic hydroxyl groups excluding tert-OH is 1. The average molecular weight is 606 g/mol. The number of imidazole rings is 1. The molecule has 0 radical (unpaired) electrons. The van der Waals surface area contributed by atoms with Crippen molar-refractivity contribution in [1.82, 2.24) is 14.7 Å². The highest BCUT2D eigenvalue weighted by Crippen LogP contribution is 2.26. The minimum atomic E-state index is -0.910. The number of benzene rings is 3. The number of aliphatic hydroxyl groups is 1. The van der Waals surface area contributed by atoms with E-state index in [1.807, 2.05) is 41.0 Å². The predicted molar refractivity (Wildman–Crippen MR) is 162 cm³/mol. The molecule has 1 amide bonds. The molecule has 0 spiro atoms. The SMILES string of the molecule is CCCCc1nc(Cl)c(CO)n1Cc1ccc(-c2ccccc2/C(N)=N/N(N)C(=O)c2cccc(CO[N+](=O)[O-])c2)cc1. The van der Waals surface area contributed by atoms with Crippen LogP contribution in [0.2, 0.25) is 5.15 Å². The van der Waals surface area contributed by atoms with Crippen LogP contribution >= 0.6 is 11.6 Å². The van der Waals surface area contributed by atoms with Crippen LogP contribution < -0.4 is 11.6 Å². The van der Waals surface area contributed by atoms with Gasteiger partial charge in [-0.1, -0.05) is 85.6 Å². The largest absolute Gasteiger partial charge is 0.390 e. The molecule has 0 fully saturated rings. The standard InChI is InChI=1S/C30H32ClN7O5/c1-2-3-11-27-34-28(31)26(18-39)36(27)17-20-12-14-22(15-13-20)24-9-4-5-10-25(24)29(32)35-37(33)30(40)23-8-6-7-21(16-23)19-43-38(41)42/h4-10,12-16,39H,2-3,11,17-19,33H2,1H3,(H2,32,35). The van der Waals surface area contributed by atoms with Crippen LogP contribution in [0.3, 0.4) is 0 Å². The maximum Gasteiger partial charge on any atom is 0.294 e. The molecule has 12 nitrogen and oxygen atoms in total. The van der Waals surface area contributed by atoms with Gasteiger partial charge in [0.05, 0.1) is 12.3 Å². The molecular weight excluding hydrogens is 574 g/mol. The number of nitrogens with zero attached hydrogens (tertiary/aromatic N) is 5. The fourth-order valence-corrected chi connectivity index (χ4v) is 4.83. The molecule has 13 heteroatoms. The van der Waals surface area contributed by atoms with Crippen LogP contribution in [0.25, 0.3) is 11.1 Å². The maximum absolute atomic E-state index is 12.9. The molecule has 0 saturated heterocycles. The van der Waals surface area contributed by atoms with Crippen molar-refractivity contribution >= 4 is 23.3 Å². The molecule has 3 aromatic carbocycles. The lowest BCUT2D eigenvalue weighted by atomic mass is 9.98. The number of carbonyl (C=O) groups is 1. The van der Waals surface area contributed by atoms with Crippen molar-refractivity contribution in [2.24, 2.45) is 16.7 Å². The van der Waals surface area contributed by atoms with Crippen molar-refractivity contribution in [1.29, 1.82) is 0 Å². The summed E-state index contributed by atoms with van der Waals surface area (Å²) in [6.07, 6.45) is 2.75. The number of aromatic nitrogens is 2. The predicted octanol–water partition coefficient (Wildman–Crippen LogP) is 4.43. The number of carbonyl (C=O) groups excluding carboxylic acids is 1. The van der Waals surface area contributed by atoms with Gasteiger partial charge >= 0.3 is 0 Å². The van der Waals surface area contributed by atoms with Gasteiger partial charge in [0.2, 0.25) is 0 Å². The van der Waals surface area contributed by atoms with E-state index in [4.69, 9.17) is 23.2 Å². The molecule has 224 valence electrons. The van der Waals surface area contributed by atoms with Gasteiger partial charge in [0.1, 0.15) is 12.4 Å². The second-order valence-corrected chi connectivity index (χ2v) is 10.0. The lowest BCUT2D eigenvalue weighted by Gasteiger charge is -2.15. The van der Waals surface area contributed by atoms with E-state index in [-0.39, 0.29) is 24.6 Å². The Bertz CT molecular complexity index is 1620. The third-order valence-electron chi connectivity index (χ3n) is 6.75. The number of aryl methyl sites for hydroxylation is 1. The van der Waals surface area contributed by atoms with Crippen molar-refractivity contribution in [2.45, 2.75) is 45.9 Å². The summed E-state index contributed by atoms with van der Waals surface area (Å²) in [4.78, 5) is 32.2. The van der Waals surface area contributed by atoms with Gasteiger partial charge < -0.3 is 20.2 Å². The Morgan fingerprint density at radius 3 is 2.58 bits per heavy atom. The summed E-state index contributed by atoms with van der Waals surface area (Å²) in [5.74, 6) is 6.15. The quantitative estimate of drug-likeness (QED) is 0.0500. The number of nitrogens with two attached hydrogens (primary N) is 2. The zero-order chi connectivity index (χ0) is 30.9. The molecule has 0 aliphatic heterocycles. The van der Waals surface area contributed by atoms with Crippen molar-refractivity contribution in [3.05, 3.63) is 122 Å². The molecular formula is C30H32ClN7O5. The van der Waals surface area contributed by atoms with E-state index < -0.39 is 11.0 Å². The van der Waals surface area contributed by atoms with Gasteiger partial charge in [-0.05, 0) is 40.8 Å². The molecule has 4 rings (SSSR count). The van der Waals surface area contributed by atoms with Gasteiger partial charge in [-0.15, -0.1) is 15.2 Å². The number of amidine groups is 1. The summed E-state index contributed by atoms with van der Waals surface area (Å²) < 4.78 is 1.96. The van der Waals surface area contributed by atoms with Gasteiger partial charge in [0.15, 0.2) is 11.0 Å². The summed E-state index contributed by atoms with van der Waals surface area (Å²) in [5, 5.41) is 24.5. The topological polar surface area (TPSA) is 175 Å². The lowest BCUT2D eigenvalue weighted by Crippen LogP contribution is -2.35. The first-order valence-corrected chi connectivity index (χ1v) is 13.9. The first-order valence-electron chi connectivity index (χ1n) is 13.5. The third kappa shape index (κ3) is 7.74. The Balaban J connectivity index is 1.54. The van der Waals surface area contributed by atoms with E-state index in [1.54, 1.807) is 24.3 Å². The minimum Gasteiger partial charge on any atom is -0.390 e. The van der Waals surface area contributed by atoms with E-state index >= 15 is 0 Å². The Morgan fingerprint density at radius 1 is 1.14 bits per heavy atom. The van der Waals surface area contributed by atoms with Gasteiger partial charge in [-0.2, -0.15) is 5.12 Å². The molecule has 4 aromatic rings. The number of rotatable bonds is 13. The second-order valence-electron chi connectivity index (χ2n) is 9.69. The zero-order valence-corrected chi connectivity index (χ0v) is 24.3. The van der Waals surface area contributed by atoms with Crippen LogP contribution in [0, 0.1) is 10.1 Å². The molecule has 1 heterocycles.